The quantitative estimate of drug-likeness (QED) is 0.762. The fourth-order valence-electron chi connectivity index (χ4n) is 2.44. The van der Waals surface area contributed by atoms with Crippen LogP contribution in [-0.2, 0) is 11.2 Å². The van der Waals surface area contributed by atoms with Crippen molar-refractivity contribution in [1.29, 1.82) is 0 Å². The molecule has 0 saturated carbocycles. The molecule has 0 aliphatic carbocycles. The molecule has 3 nitrogen and oxygen atoms in total. The molecule has 1 aromatic carbocycles. The molecule has 0 aromatic heterocycles. The van der Waals surface area contributed by atoms with E-state index in [0.717, 1.165) is 44.8 Å². The first-order chi connectivity index (χ1) is 9.20. The van der Waals surface area contributed by atoms with Crippen LogP contribution in [0.3, 0.4) is 0 Å². The molecule has 19 heavy (non-hydrogen) atoms. The highest BCUT2D eigenvalue weighted by Crippen LogP contribution is 2.13. The molecule has 1 atom stereocenters. The minimum Gasteiger partial charge on any atom is -0.379 e. The summed E-state index contributed by atoms with van der Waals surface area (Å²) in [6.45, 7) is 8.41. The second-order valence-corrected chi connectivity index (χ2v) is 5.23. The van der Waals surface area contributed by atoms with Crippen LogP contribution >= 0.6 is 0 Å². The van der Waals surface area contributed by atoms with Gasteiger partial charge < -0.3 is 4.74 Å². The standard InChI is InChI=1S/C16H23NO2/c1-3-14-4-6-15(7-5-14)16(18)13(2)12-17-8-10-19-11-9-17/h4-7,13H,3,8-12H2,1-2H3. The van der Waals surface area contributed by atoms with E-state index in [9.17, 15) is 4.79 Å². The summed E-state index contributed by atoms with van der Waals surface area (Å²) in [6.07, 6.45) is 1.01. The van der Waals surface area contributed by atoms with E-state index in [1.54, 1.807) is 0 Å². The lowest BCUT2D eigenvalue weighted by Crippen LogP contribution is -2.40. The predicted octanol–water partition coefficient (Wildman–Crippen LogP) is 2.40. The largest absolute Gasteiger partial charge is 0.379 e. The van der Waals surface area contributed by atoms with Crippen molar-refractivity contribution in [3.63, 3.8) is 0 Å². The molecule has 1 heterocycles. The van der Waals surface area contributed by atoms with Crippen molar-refractivity contribution in [3.05, 3.63) is 35.4 Å². The smallest absolute Gasteiger partial charge is 0.166 e. The Morgan fingerprint density at radius 3 is 2.47 bits per heavy atom. The molecule has 2 rings (SSSR count). The Morgan fingerprint density at radius 2 is 1.89 bits per heavy atom. The van der Waals surface area contributed by atoms with E-state index in [-0.39, 0.29) is 11.7 Å². The third-order valence-electron chi connectivity index (χ3n) is 3.73. The Kier molecular flexibility index (Phi) is 5.11. The Bertz CT molecular complexity index is 407. The number of nitrogens with zero attached hydrogens (tertiary/aromatic N) is 1. The highest BCUT2D eigenvalue weighted by molar-refractivity contribution is 5.97. The molecule has 0 bridgehead atoms. The maximum atomic E-state index is 12.4. The zero-order valence-electron chi connectivity index (χ0n) is 11.9. The van der Waals surface area contributed by atoms with E-state index in [1.807, 2.05) is 19.1 Å². The topological polar surface area (TPSA) is 29.5 Å². The molecular weight excluding hydrogens is 238 g/mol. The number of rotatable bonds is 5. The van der Waals surface area contributed by atoms with E-state index < -0.39 is 0 Å². The number of aryl methyl sites for hydroxylation is 1. The van der Waals surface area contributed by atoms with E-state index in [1.165, 1.54) is 5.56 Å². The maximum Gasteiger partial charge on any atom is 0.166 e. The zero-order valence-corrected chi connectivity index (χ0v) is 11.9. The third kappa shape index (κ3) is 3.88. The maximum absolute atomic E-state index is 12.4. The molecule has 0 spiro atoms. The summed E-state index contributed by atoms with van der Waals surface area (Å²) >= 11 is 0. The number of hydrogen-bond acceptors (Lipinski definition) is 3. The van der Waals surface area contributed by atoms with Crippen LogP contribution in [-0.4, -0.2) is 43.5 Å². The summed E-state index contributed by atoms with van der Waals surface area (Å²) in [7, 11) is 0. The number of carbonyl (C=O) groups is 1. The number of carbonyl (C=O) groups excluding carboxylic acids is 1. The van der Waals surface area contributed by atoms with Crippen molar-refractivity contribution >= 4 is 5.78 Å². The van der Waals surface area contributed by atoms with E-state index in [4.69, 9.17) is 4.74 Å². The summed E-state index contributed by atoms with van der Waals surface area (Å²) in [6, 6.07) is 8.01. The van der Waals surface area contributed by atoms with E-state index in [0.29, 0.717) is 0 Å². The first-order valence-corrected chi connectivity index (χ1v) is 7.14. The van der Waals surface area contributed by atoms with Crippen LogP contribution < -0.4 is 0 Å². The minimum atomic E-state index is 0.0468. The van der Waals surface area contributed by atoms with E-state index >= 15 is 0 Å². The van der Waals surface area contributed by atoms with Gasteiger partial charge in [0.15, 0.2) is 5.78 Å². The zero-order chi connectivity index (χ0) is 13.7. The lowest BCUT2D eigenvalue weighted by Gasteiger charge is -2.28. The van der Waals surface area contributed by atoms with Crippen molar-refractivity contribution in [2.75, 3.05) is 32.8 Å². The summed E-state index contributed by atoms with van der Waals surface area (Å²) in [4.78, 5) is 14.7. The van der Waals surface area contributed by atoms with E-state index in [2.05, 4.69) is 24.0 Å². The molecule has 0 radical (unpaired) electrons. The lowest BCUT2D eigenvalue weighted by atomic mass is 9.97. The van der Waals surface area contributed by atoms with Gasteiger partial charge in [0.1, 0.15) is 0 Å². The Hall–Kier alpha value is -1.19. The minimum absolute atomic E-state index is 0.0468. The molecule has 1 unspecified atom stereocenters. The SMILES string of the molecule is CCc1ccc(C(=O)C(C)CN2CCOCC2)cc1. The van der Waals surface area contributed by atoms with Crippen molar-refractivity contribution in [2.24, 2.45) is 5.92 Å². The molecule has 104 valence electrons. The summed E-state index contributed by atoms with van der Waals surface area (Å²) in [5, 5.41) is 0. The van der Waals surface area contributed by atoms with Crippen LogP contribution in [0.5, 0.6) is 0 Å². The average Bonchev–Trinajstić information content (AvgIpc) is 2.47. The Labute approximate surface area is 115 Å². The number of benzene rings is 1. The number of ketones is 1. The normalized spacial score (nSPS) is 18.2. The third-order valence-corrected chi connectivity index (χ3v) is 3.73. The van der Waals surface area contributed by atoms with Gasteiger partial charge in [-0.25, -0.2) is 0 Å². The van der Waals surface area contributed by atoms with Crippen molar-refractivity contribution in [3.8, 4) is 0 Å². The van der Waals surface area contributed by atoms with Gasteiger partial charge in [0.25, 0.3) is 0 Å². The molecule has 1 aromatic rings. The van der Waals surface area contributed by atoms with Crippen LogP contribution in [0.1, 0.15) is 29.8 Å². The molecule has 0 amide bonds. The second kappa shape index (κ2) is 6.83. The first-order valence-electron chi connectivity index (χ1n) is 7.14. The Morgan fingerprint density at radius 1 is 1.26 bits per heavy atom. The number of ether oxygens (including phenoxy) is 1. The van der Waals surface area contributed by atoms with Crippen LogP contribution in [0, 0.1) is 5.92 Å². The summed E-state index contributed by atoms with van der Waals surface area (Å²) in [5.41, 5.74) is 2.11. The van der Waals surface area contributed by atoms with Gasteiger partial charge in [-0.05, 0) is 12.0 Å². The van der Waals surface area contributed by atoms with Gasteiger partial charge >= 0.3 is 0 Å². The van der Waals surface area contributed by atoms with Crippen LogP contribution in [0.15, 0.2) is 24.3 Å². The average molecular weight is 261 g/mol. The Balaban J connectivity index is 1.93. The first kappa shape index (κ1) is 14.2. The summed E-state index contributed by atoms with van der Waals surface area (Å²) < 4.78 is 5.33. The number of Topliss-reactive ketones (excluding diaryl/α,β-unsaturated/α-hetero) is 1. The molecule has 1 saturated heterocycles. The fraction of sp³-hybridized carbons (Fsp3) is 0.562. The van der Waals surface area contributed by atoms with Crippen LogP contribution in [0.25, 0.3) is 0 Å². The highest BCUT2D eigenvalue weighted by atomic mass is 16.5. The fourth-order valence-corrected chi connectivity index (χ4v) is 2.44. The van der Waals surface area contributed by atoms with Crippen LogP contribution in [0.2, 0.25) is 0 Å². The number of morpholine rings is 1. The van der Waals surface area contributed by atoms with Gasteiger partial charge in [0, 0.05) is 31.1 Å². The van der Waals surface area contributed by atoms with Gasteiger partial charge in [-0.15, -0.1) is 0 Å². The molecule has 3 heteroatoms. The van der Waals surface area contributed by atoms with Gasteiger partial charge in [-0.1, -0.05) is 38.1 Å². The molecule has 1 fully saturated rings. The van der Waals surface area contributed by atoms with Gasteiger partial charge in [-0.3, -0.25) is 9.69 Å². The molecule has 0 N–H and O–H groups in total. The van der Waals surface area contributed by atoms with Crippen molar-refractivity contribution in [2.45, 2.75) is 20.3 Å². The van der Waals surface area contributed by atoms with Crippen LogP contribution in [0.4, 0.5) is 0 Å². The predicted molar refractivity (Wildman–Crippen MR) is 76.6 cm³/mol. The van der Waals surface area contributed by atoms with Gasteiger partial charge in [0.05, 0.1) is 13.2 Å². The lowest BCUT2D eigenvalue weighted by molar-refractivity contribution is 0.0313. The van der Waals surface area contributed by atoms with Crippen molar-refractivity contribution < 1.29 is 9.53 Å². The molecular formula is C16H23NO2. The highest BCUT2D eigenvalue weighted by Gasteiger charge is 2.19. The van der Waals surface area contributed by atoms with Gasteiger partial charge in [0.2, 0.25) is 0 Å². The monoisotopic (exact) mass is 261 g/mol. The van der Waals surface area contributed by atoms with Gasteiger partial charge in [-0.2, -0.15) is 0 Å². The second-order valence-electron chi connectivity index (χ2n) is 5.23. The molecule has 1 aliphatic rings. The number of hydrogen-bond donors (Lipinski definition) is 0. The van der Waals surface area contributed by atoms with Crippen molar-refractivity contribution in [1.82, 2.24) is 4.90 Å². The molecule has 1 aliphatic heterocycles. The summed E-state index contributed by atoms with van der Waals surface area (Å²) in [5.74, 6) is 0.291.